The second-order valence-corrected chi connectivity index (χ2v) is 11.3. The first-order valence-corrected chi connectivity index (χ1v) is 14.3. The first kappa shape index (κ1) is 29.6. The van der Waals surface area contributed by atoms with Crippen molar-refractivity contribution in [3.8, 4) is 34.5 Å². The summed E-state index contributed by atoms with van der Waals surface area (Å²) in [6, 6.07) is 5.59. The van der Waals surface area contributed by atoms with E-state index in [4.69, 9.17) is 36.8 Å². The molecule has 2 aromatic rings. The maximum absolute atomic E-state index is 13.3. The van der Waals surface area contributed by atoms with Gasteiger partial charge in [-0.2, -0.15) is 16.8 Å². The Morgan fingerprint density at radius 2 is 0.868 bits per heavy atom. The number of hydrogen-bond donors (Lipinski definition) is 0. The molecule has 3 rings (SSSR count). The predicted octanol–water partition coefficient (Wildman–Crippen LogP) is 3.16. The molecule has 1 aliphatic rings. The van der Waals surface area contributed by atoms with Gasteiger partial charge in [-0.3, -0.25) is 8.37 Å². The lowest BCUT2D eigenvalue weighted by Gasteiger charge is -2.29. The molecule has 0 heterocycles. The van der Waals surface area contributed by atoms with Gasteiger partial charge >= 0.3 is 20.2 Å². The Morgan fingerprint density at radius 3 is 1.13 bits per heavy atom. The van der Waals surface area contributed by atoms with Crippen LogP contribution >= 0.6 is 0 Å². The van der Waals surface area contributed by atoms with E-state index < -0.39 is 32.4 Å². The summed E-state index contributed by atoms with van der Waals surface area (Å²) in [5, 5.41) is 0. The quantitative estimate of drug-likeness (QED) is 0.343. The first-order chi connectivity index (χ1) is 18.0. The third-order valence-corrected chi connectivity index (χ3v) is 8.80. The first-order valence-electron chi connectivity index (χ1n) is 11.5. The van der Waals surface area contributed by atoms with E-state index in [1.165, 1.54) is 66.9 Å². The molecule has 0 saturated heterocycles. The Kier molecular flexibility index (Phi) is 9.57. The van der Waals surface area contributed by atoms with Crippen molar-refractivity contribution < 1.29 is 53.6 Å². The molecule has 0 amide bonds. The fraction of sp³-hybridized carbons (Fsp3) is 0.500. The number of benzene rings is 2. The van der Waals surface area contributed by atoms with Crippen LogP contribution < -0.4 is 28.4 Å². The van der Waals surface area contributed by atoms with Gasteiger partial charge in [-0.25, -0.2) is 0 Å². The summed E-state index contributed by atoms with van der Waals surface area (Å²) in [5.74, 6) is 0.575. The van der Waals surface area contributed by atoms with Gasteiger partial charge in [0.1, 0.15) is 34.5 Å². The largest absolute Gasteiger partial charge is 0.496 e. The Balaban J connectivity index is 1.85. The highest BCUT2D eigenvalue weighted by Crippen LogP contribution is 2.42. The van der Waals surface area contributed by atoms with Crippen LogP contribution in [0.25, 0.3) is 0 Å². The Bertz CT molecular complexity index is 1190. The van der Waals surface area contributed by atoms with E-state index in [-0.39, 0.29) is 39.2 Å². The number of ether oxygens (including phenoxy) is 6. The van der Waals surface area contributed by atoms with E-state index in [9.17, 15) is 16.8 Å². The molecule has 1 fully saturated rings. The van der Waals surface area contributed by atoms with Crippen LogP contribution in [0.2, 0.25) is 0 Å². The van der Waals surface area contributed by atoms with Crippen molar-refractivity contribution in [3.63, 3.8) is 0 Å². The summed E-state index contributed by atoms with van der Waals surface area (Å²) in [4.78, 5) is -0.599. The lowest BCUT2D eigenvalue weighted by atomic mass is 9.95. The maximum Gasteiger partial charge on any atom is 0.304 e. The second-order valence-electron chi connectivity index (χ2n) is 8.23. The molecular weight excluding hydrogens is 544 g/mol. The van der Waals surface area contributed by atoms with Crippen LogP contribution in [0.5, 0.6) is 34.5 Å². The van der Waals surface area contributed by atoms with Crippen molar-refractivity contribution in [3.05, 3.63) is 24.3 Å². The van der Waals surface area contributed by atoms with Crippen LogP contribution in [0, 0.1) is 0 Å². The molecule has 12 nitrogen and oxygen atoms in total. The zero-order valence-corrected chi connectivity index (χ0v) is 23.6. The van der Waals surface area contributed by atoms with Crippen molar-refractivity contribution >= 4 is 20.2 Å². The molecule has 2 aromatic carbocycles. The van der Waals surface area contributed by atoms with E-state index in [0.29, 0.717) is 30.8 Å². The molecular formula is C24H32O12S2. The smallest absolute Gasteiger partial charge is 0.304 e. The van der Waals surface area contributed by atoms with Crippen LogP contribution in [-0.4, -0.2) is 71.7 Å². The van der Waals surface area contributed by atoms with Gasteiger partial charge in [0, 0.05) is 30.7 Å². The minimum absolute atomic E-state index is 0.0000310. The summed E-state index contributed by atoms with van der Waals surface area (Å²) < 4.78 is 95.5. The molecule has 0 N–H and O–H groups in total. The molecule has 0 radical (unpaired) electrons. The molecule has 38 heavy (non-hydrogen) atoms. The van der Waals surface area contributed by atoms with Crippen molar-refractivity contribution in [2.75, 3.05) is 42.7 Å². The lowest BCUT2D eigenvalue weighted by molar-refractivity contribution is 0.0754. The predicted molar refractivity (Wildman–Crippen MR) is 135 cm³/mol. The number of methoxy groups -OCH3 is 6. The molecule has 0 aromatic heterocycles. The third-order valence-electron chi connectivity index (χ3n) is 5.94. The molecule has 0 spiro atoms. The monoisotopic (exact) mass is 576 g/mol. The summed E-state index contributed by atoms with van der Waals surface area (Å²) in [7, 11) is -0.681. The minimum Gasteiger partial charge on any atom is -0.496 e. The van der Waals surface area contributed by atoms with Gasteiger partial charge in [-0.05, 0) is 19.3 Å². The van der Waals surface area contributed by atoms with Gasteiger partial charge in [0.05, 0.1) is 54.9 Å². The topological polar surface area (TPSA) is 142 Å². The van der Waals surface area contributed by atoms with Gasteiger partial charge < -0.3 is 28.4 Å². The van der Waals surface area contributed by atoms with Crippen LogP contribution in [0.15, 0.2) is 34.1 Å². The van der Waals surface area contributed by atoms with Crippen LogP contribution in [0.1, 0.15) is 25.7 Å². The zero-order chi connectivity index (χ0) is 28.1. The molecule has 2 unspecified atom stereocenters. The van der Waals surface area contributed by atoms with Crippen molar-refractivity contribution in [1.82, 2.24) is 0 Å². The van der Waals surface area contributed by atoms with Gasteiger partial charge in [-0.1, -0.05) is 0 Å². The highest BCUT2D eigenvalue weighted by atomic mass is 32.2. The van der Waals surface area contributed by atoms with Gasteiger partial charge in [0.2, 0.25) is 0 Å². The number of hydrogen-bond acceptors (Lipinski definition) is 12. The highest BCUT2D eigenvalue weighted by Gasteiger charge is 2.36. The van der Waals surface area contributed by atoms with Crippen molar-refractivity contribution in [1.29, 1.82) is 0 Å². The van der Waals surface area contributed by atoms with Crippen LogP contribution in [0.3, 0.4) is 0 Å². The lowest BCUT2D eigenvalue weighted by Crippen LogP contribution is -2.32. The Labute approximate surface area is 222 Å². The average Bonchev–Trinajstić information content (AvgIpc) is 2.90. The highest BCUT2D eigenvalue weighted by molar-refractivity contribution is 7.87. The van der Waals surface area contributed by atoms with E-state index in [2.05, 4.69) is 0 Å². The number of rotatable bonds is 12. The normalized spacial score (nSPS) is 17.9. The summed E-state index contributed by atoms with van der Waals surface area (Å²) >= 11 is 0. The fourth-order valence-corrected chi connectivity index (χ4v) is 6.98. The maximum atomic E-state index is 13.3. The van der Waals surface area contributed by atoms with Gasteiger partial charge in [0.15, 0.2) is 9.79 Å². The van der Waals surface area contributed by atoms with Crippen molar-refractivity contribution in [2.24, 2.45) is 0 Å². The minimum atomic E-state index is -4.38. The standard InChI is InChI=1S/C24H32O12S2/c1-29-17-11-19(31-3)23(20(12-17)32-4)37(25,26)35-15-8-7-9-16(10-15)36-38(27,28)24-21(33-5)13-18(30-2)14-22(24)34-6/h11-16H,7-10H2,1-6H3. The summed E-state index contributed by atoms with van der Waals surface area (Å²) in [6.07, 6.45) is -0.506. The summed E-state index contributed by atoms with van der Waals surface area (Å²) in [5.41, 5.74) is 0. The van der Waals surface area contributed by atoms with E-state index >= 15 is 0 Å². The van der Waals surface area contributed by atoms with Crippen LogP contribution in [-0.2, 0) is 28.6 Å². The van der Waals surface area contributed by atoms with Crippen molar-refractivity contribution in [2.45, 2.75) is 47.7 Å². The van der Waals surface area contributed by atoms with E-state index in [0.717, 1.165) is 0 Å². The average molecular weight is 577 g/mol. The molecule has 0 aliphatic heterocycles. The molecule has 1 saturated carbocycles. The van der Waals surface area contributed by atoms with Crippen LogP contribution in [0.4, 0.5) is 0 Å². The van der Waals surface area contributed by atoms with E-state index in [1.807, 2.05) is 0 Å². The Hall–Kier alpha value is -2.94. The molecule has 0 bridgehead atoms. The molecule has 1 aliphatic carbocycles. The summed E-state index contributed by atoms with van der Waals surface area (Å²) in [6.45, 7) is 0. The zero-order valence-electron chi connectivity index (χ0n) is 22.0. The van der Waals surface area contributed by atoms with Gasteiger partial charge in [-0.15, -0.1) is 0 Å². The fourth-order valence-electron chi connectivity index (χ4n) is 4.17. The third kappa shape index (κ3) is 6.37. The Morgan fingerprint density at radius 1 is 0.553 bits per heavy atom. The van der Waals surface area contributed by atoms with Gasteiger partial charge in [0.25, 0.3) is 0 Å². The molecule has 14 heteroatoms. The molecule has 2 atom stereocenters. The van der Waals surface area contributed by atoms with E-state index in [1.54, 1.807) is 0 Å². The second kappa shape index (κ2) is 12.3. The molecule has 212 valence electrons. The SMILES string of the molecule is COc1cc(OC)c(S(=O)(=O)OC2CCCC(OS(=O)(=O)c3c(OC)cc(OC)cc3OC)C2)c(OC)c1.